The van der Waals surface area contributed by atoms with Gasteiger partial charge in [0.1, 0.15) is 0 Å². The lowest BCUT2D eigenvalue weighted by molar-refractivity contribution is 0.139. The number of methoxy groups -OCH3 is 1. The maximum atomic E-state index is 5.24. The predicted octanol–water partition coefficient (Wildman–Crippen LogP) is 2.51. The van der Waals surface area contributed by atoms with Crippen molar-refractivity contribution >= 4 is 16.5 Å². The summed E-state index contributed by atoms with van der Waals surface area (Å²) in [5, 5.41) is 4.61. The summed E-state index contributed by atoms with van der Waals surface area (Å²) in [6.07, 6.45) is 5.64. The number of hydrogen-bond donors (Lipinski definition) is 1. The summed E-state index contributed by atoms with van der Waals surface area (Å²) in [6.45, 7) is 7.35. The number of thiazole rings is 1. The maximum absolute atomic E-state index is 5.24. The van der Waals surface area contributed by atoms with Gasteiger partial charge in [0.05, 0.1) is 0 Å². The van der Waals surface area contributed by atoms with Crippen molar-refractivity contribution in [2.75, 3.05) is 38.3 Å². The largest absolute Gasteiger partial charge is 0.384 e. The molecule has 1 aliphatic rings. The standard InChI is InChI=1S/C14H25N3OS/c1-3-6-15-9-13-10-16-14(19-13)17-7-4-12(5-8-17)11-18-2/h10,12,15H,3-9,11H2,1-2H3. The predicted molar refractivity (Wildman–Crippen MR) is 80.9 cm³/mol. The first kappa shape index (κ1) is 14.8. The zero-order valence-corrected chi connectivity index (χ0v) is 12.8. The Morgan fingerprint density at radius 3 is 2.95 bits per heavy atom. The molecule has 0 amide bonds. The molecule has 1 fully saturated rings. The van der Waals surface area contributed by atoms with Gasteiger partial charge in [-0.1, -0.05) is 6.92 Å². The molecule has 5 heteroatoms. The SMILES string of the molecule is CCCNCc1cnc(N2CCC(COC)CC2)s1. The Morgan fingerprint density at radius 1 is 1.47 bits per heavy atom. The molecule has 0 saturated carbocycles. The van der Waals surface area contributed by atoms with E-state index in [4.69, 9.17) is 4.74 Å². The van der Waals surface area contributed by atoms with Crippen molar-refractivity contribution in [2.45, 2.75) is 32.7 Å². The van der Waals surface area contributed by atoms with Crippen LogP contribution in [0.1, 0.15) is 31.1 Å². The van der Waals surface area contributed by atoms with E-state index in [9.17, 15) is 0 Å². The number of piperidine rings is 1. The van der Waals surface area contributed by atoms with Crippen molar-refractivity contribution in [3.05, 3.63) is 11.1 Å². The lowest BCUT2D eigenvalue weighted by Crippen LogP contribution is -2.34. The molecular weight excluding hydrogens is 258 g/mol. The molecule has 0 radical (unpaired) electrons. The van der Waals surface area contributed by atoms with Crippen LogP contribution in [-0.4, -0.2) is 38.3 Å². The van der Waals surface area contributed by atoms with Crippen LogP contribution in [0.15, 0.2) is 6.20 Å². The Hall–Kier alpha value is -0.650. The van der Waals surface area contributed by atoms with Crippen LogP contribution in [0.3, 0.4) is 0 Å². The second-order valence-corrected chi connectivity index (χ2v) is 6.27. The van der Waals surface area contributed by atoms with Gasteiger partial charge < -0.3 is 15.0 Å². The number of hydrogen-bond acceptors (Lipinski definition) is 5. The van der Waals surface area contributed by atoms with Crippen molar-refractivity contribution in [1.29, 1.82) is 0 Å². The third-order valence-electron chi connectivity index (χ3n) is 3.55. The van der Waals surface area contributed by atoms with E-state index in [1.165, 1.54) is 29.3 Å². The summed E-state index contributed by atoms with van der Waals surface area (Å²) in [4.78, 5) is 8.32. The molecule has 1 aromatic rings. The quantitative estimate of drug-likeness (QED) is 0.780. The van der Waals surface area contributed by atoms with Crippen molar-refractivity contribution in [1.82, 2.24) is 10.3 Å². The number of ether oxygens (including phenoxy) is 1. The first-order valence-electron chi connectivity index (χ1n) is 7.22. The molecule has 0 aliphatic carbocycles. The lowest BCUT2D eigenvalue weighted by atomic mass is 9.98. The average Bonchev–Trinajstić information content (AvgIpc) is 2.89. The Bertz CT molecular complexity index is 361. The molecule has 1 N–H and O–H groups in total. The first-order valence-corrected chi connectivity index (χ1v) is 8.04. The summed E-state index contributed by atoms with van der Waals surface area (Å²) in [6, 6.07) is 0. The molecule has 108 valence electrons. The summed E-state index contributed by atoms with van der Waals surface area (Å²) < 4.78 is 5.24. The fraction of sp³-hybridized carbons (Fsp3) is 0.786. The van der Waals surface area contributed by atoms with Crippen molar-refractivity contribution in [3.8, 4) is 0 Å². The highest BCUT2D eigenvalue weighted by Crippen LogP contribution is 2.27. The molecule has 19 heavy (non-hydrogen) atoms. The van der Waals surface area contributed by atoms with Crippen LogP contribution in [-0.2, 0) is 11.3 Å². The Balaban J connectivity index is 1.79. The van der Waals surface area contributed by atoms with Crippen LogP contribution < -0.4 is 10.2 Å². The molecule has 0 bridgehead atoms. The van der Waals surface area contributed by atoms with Crippen LogP contribution in [0.2, 0.25) is 0 Å². The number of aromatic nitrogens is 1. The molecule has 1 aliphatic heterocycles. The fourth-order valence-corrected chi connectivity index (χ4v) is 3.37. The maximum Gasteiger partial charge on any atom is 0.185 e. The topological polar surface area (TPSA) is 37.4 Å². The van der Waals surface area contributed by atoms with E-state index in [1.807, 2.05) is 17.5 Å². The van der Waals surface area contributed by atoms with E-state index >= 15 is 0 Å². The molecule has 0 spiro atoms. The molecule has 0 aromatic carbocycles. The van der Waals surface area contributed by atoms with Crippen molar-refractivity contribution < 1.29 is 4.74 Å². The van der Waals surface area contributed by atoms with Crippen LogP contribution in [0.25, 0.3) is 0 Å². The second-order valence-electron chi connectivity index (χ2n) is 5.17. The van der Waals surface area contributed by atoms with Gasteiger partial charge in [-0.2, -0.15) is 0 Å². The monoisotopic (exact) mass is 283 g/mol. The summed E-state index contributed by atoms with van der Waals surface area (Å²) in [5.74, 6) is 0.729. The Kier molecular flexibility index (Phi) is 6.07. The minimum atomic E-state index is 0.729. The molecule has 1 saturated heterocycles. The zero-order valence-electron chi connectivity index (χ0n) is 12.0. The highest BCUT2D eigenvalue weighted by Gasteiger charge is 2.21. The average molecular weight is 283 g/mol. The Morgan fingerprint density at radius 2 is 2.26 bits per heavy atom. The van der Waals surface area contributed by atoms with Gasteiger partial charge in [-0.25, -0.2) is 4.98 Å². The second kappa shape index (κ2) is 7.82. The van der Waals surface area contributed by atoms with Crippen LogP contribution in [0, 0.1) is 5.92 Å². The number of nitrogens with one attached hydrogen (secondary N) is 1. The van der Waals surface area contributed by atoms with Gasteiger partial charge in [0, 0.05) is 44.4 Å². The molecule has 0 atom stereocenters. The van der Waals surface area contributed by atoms with Crippen molar-refractivity contribution in [3.63, 3.8) is 0 Å². The summed E-state index contributed by atoms with van der Waals surface area (Å²) in [5.41, 5.74) is 0. The van der Waals surface area contributed by atoms with Gasteiger partial charge in [0.2, 0.25) is 0 Å². The smallest absolute Gasteiger partial charge is 0.185 e. The first-order chi connectivity index (χ1) is 9.33. The normalized spacial score (nSPS) is 17.1. The third kappa shape index (κ3) is 4.44. The van der Waals surface area contributed by atoms with Gasteiger partial charge in [-0.05, 0) is 31.7 Å². The Labute approximate surface area is 120 Å². The van der Waals surface area contributed by atoms with Gasteiger partial charge in [-0.3, -0.25) is 0 Å². The van der Waals surface area contributed by atoms with E-state index < -0.39 is 0 Å². The van der Waals surface area contributed by atoms with Crippen LogP contribution >= 0.6 is 11.3 Å². The zero-order chi connectivity index (χ0) is 13.5. The molecule has 0 unspecified atom stereocenters. The minimum Gasteiger partial charge on any atom is -0.384 e. The lowest BCUT2D eigenvalue weighted by Gasteiger charge is -2.31. The van der Waals surface area contributed by atoms with E-state index in [-0.39, 0.29) is 0 Å². The minimum absolute atomic E-state index is 0.729. The number of rotatable bonds is 7. The van der Waals surface area contributed by atoms with Crippen LogP contribution in [0.5, 0.6) is 0 Å². The van der Waals surface area contributed by atoms with Gasteiger partial charge in [0.25, 0.3) is 0 Å². The van der Waals surface area contributed by atoms with Crippen molar-refractivity contribution in [2.24, 2.45) is 5.92 Å². The number of anilines is 1. The van der Waals surface area contributed by atoms with E-state index in [0.29, 0.717) is 0 Å². The van der Waals surface area contributed by atoms with E-state index in [1.54, 1.807) is 7.11 Å². The highest BCUT2D eigenvalue weighted by atomic mass is 32.1. The van der Waals surface area contributed by atoms with Gasteiger partial charge in [-0.15, -0.1) is 11.3 Å². The summed E-state index contributed by atoms with van der Waals surface area (Å²) >= 11 is 1.83. The molecule has 4 nitrogen and oxygen atoms in total. The van der Waals surface area contributed by atoms with E-state index in [2.05, 4.69) is 22.1 Å². The van der Waals surface area contributed by atoms with Gasteiger partial charge >= 0.3 is 0 Å². The fourth-order valence-electron chi connectivity index (χ4n) is 2.44. The van der Waals surface area contributed by atoms with Crippen LogP contribution in [0.4, 0.5) is 5.13 Å². The summed E-state index contributed by atoms with van der Waals surface area (Å²) in [7, 11) is 1.79. The highest BCUT2D eigenvalue weighted by molar-refractivity contribution is 7.15. The molecule has 1 aromatic heterocycles. The van der Waals surface area contributed by atoms with Gasteiger partial charge in [0.15, 0.2) is 5.13 Å². The molecule has 2 heterocycles. The molecular formula is C14H25N3OS. The number of nitrogens with zero attached hydrogens (tertiary/aromatic N) is 2. The van der Waals surface area contributed by atoms with E-state index in [0.717, 1.165) is 38.7 Å². The third-order valence-corrected chi connectivity index (χ3v) is 4.61. The molecule has 2 rings (SSSR count).